The first kappa shape index (κ1) is 19.4. The van der Waals surface area contributed by atoms with Crippen molar-refractivity contribution in [2.45, 2.75) is 66.0 Å². The molecule has 0 fully saturated rings. The van der Waals surface area contributed by atoms with Crippen LogP contribution in [0, 0.1) is 11.8 Å². The second-order valence-corrected chi connectivity index (χ2v) is 6.00. The smallest absolute Gasteiger partial charge is 0.306 e. The van der Waals surface area contributed by atoms with Gasteiger partial charge in [0.05, 0.1) is 5.92 Å². The summed E-state index contributed by atoms with van der Waals surface area (Å²) >= 11 is 0. The molecule has 3 N–H and O–H groups in total. The molecule has 3 unspecified atom stereocenters. The van der Waals surface area contributed by atoms with E-state index in [4.69, 9.17) is 5.11 Å². The number of aliphatic carboxylic acids is 1. The van der Waals surface area contributed by atoms with Crippen LogP contribution in [0.3, 0.4) is 0 Å². The number of rotatable bonds is 9. The lowest BCUT2D eigenvalue weighted by Gasteiger charge is -2.23. The third-order valence-electron chi connectivity index (χ3n) is 3.39. The first-order valence-corrected chi connectivity index (χ1v) is 7.45. The number of carboxylic acid groups (broad SMARTS) is 1. The number of carbonyl (C=O) groups is 3. The zero-order chi connectivity index (χ0) is 16.6. The van der Waals surface area contributed by atoms with Crippen LogP contribution < -0.4 is 10.6 Å². The normalized spacial score (nSPS) is 15.1. The average Bonchev–Trinajstić information content (AvgIpc) is 2.34. The molecule has 21 heavy (non-hydrogen) atoms. The van der Waals surface area contributed by atoms with Gasteiger partial charge in [0.2, 0.25) is 11.8 Å². The second-order valence-electron chi connectivity index (χ2n) is 6.00. The molecule has 6 heteroatoms. The average molecular weight is 300 g/mol. The van der Waals surface area contributed by atoms with Crippen LogP contribution in [-0.2, 0) is 14.4 Å². The van der Waals surface area contributed by atoms with Crippen molar-refractivity contribution in [3.8, 4) is 0 Å². The SMILES string of the molecule is CC(=O)NC(C(=O)NC(C)CCCC(C)C(=O)O)C(C)C. The molecule has 3 atom stereocenters. The Balaban J connectivity index is 4.23. The fourth-order valence-electron chi connectivity index (χ4n) is 2.01. The van der Waals surface area contributed by atoms with Gasteiger partial charge in [0.15, 0.2) is 0 Å². The maximum Gasteiger partial charge on any atom is 0.306 e. The minimum absolute atomic E-state index is 0.00753. The highest BCUT2D eigenvalue weighted by molar-refractivity contribution is 5.87. The van der Waals surface area contributed by atoms with Gasteiger partial charge in [-0.3, -0.25) is 14.4 Å². The number of hydrogen-bond donors (Lipinski definition) is 3. The monoisotopic (exact) mass is 300 g/mol. The molecule has 0 aliphatic carbocycles. The van der Waals surface area contributed by atoms with Gasteiger partial charge in [-0.05, 0) is 25.7 Å². The predicted octanol–water partition coefficient (Wildman–Crippen LogP) is 1.54. The molecule has 0 aromatic rings. The van der Waals surface area contributed by atoms with Crippen LogP contribution in [0.4, 0.5) is 0 Å². The van der Waals surface area contributed by atoms with Gasteiger partial charge in [-0.1, -0.05) is 27.2 Å². The van der Waals surface area contributed by atoms with Gasteiger partial charge in [-0.25, -0.2) is 0 Å². The van der Waals surface area contributed by atoms with E-state index in [1.54, 1.807) is 6.92 Å². The number of carboxylic acids is 1. The molecule has 0 heterocycles. The third kappa shape index (κ3) is 8.32. The summed E-state index contributed by atoms with van der Waals surface area (Å²) in [6, 6.07) is -0.587. The Hall–Kier alpha value is -1.59. The number of carbonyl (C=O) groups excluding carboxylic acids is 2. The third-order valence-corrected chi connectivity index (χ3v) is 3.39. The summed E-state index contributed by atoms with van der Waals surface area (Å²) in [7, 11) is 0. The van der Waals surface area contributed by atoms with Crippen LogP contribution >= 0.6 is 0 Å². The molecular weight excluding hydrogens is 272 g/mol. The topological polar surface area (TPSA) is 95.5 Å². The van der Waals surface area contributed by atoms with Crippen LogP contribution in [-0.4, -0.2) is 35.0 Å². The maximum atomic E-state index is 12.1. The first-order valence-electron chi connectivity index (χ1n) is 7.45. The molecule has 0 saturated heterocycles. The van der Waals surface area contributed by atoms with Gasteiger partial charge < -0.3 is 15.7 Å². The van der Waals surface area contributed by atoms with Gasteiger partial charge in [-0.15, -0.1) is 0 Å². The number of amides is 2. The van der Waals surface area contributed by atoms with E-state index in [0.717, 1.165) is 6.42 Å². The quantitative estimate of drug-likeness (QED) is 0.602. The van der Waals surface area contributed by atoms with Gasteiger partial charge in [0, 0.05) is 13.0 Å². The van der Waals surface area contributed by atoms with Crippen LogP contribution in [0.2, 0.25) is 0 Å². The van der Waals surface area contributed by atoms with Gasteiger partial charge in [0.25, 0.3) is 0 Å². The fraction of sp³-hybridized carbons (Fsp3) is 0.800. The van der Waals surface area contributed by atoms with Gasteiger partial charge >= 0.3 is 5.97 Å². The summed E-state index contributed by atoms with van der Waals surface area (Å²) in [5.41, 5.74) is 0. The van der Waals surface area contributed by atoms with E-state index < -0.39 is 12.0 Å². The Morgan fingerprint density at radius 3 is 2.00 bits per heavy atom. The molecule has 0 spiro atoms. The molecular formula is C15H28N2O4. The van der Waals surface area contributed by atoms with Crippen molar-refractivity contribution >= 4 is 17.8 Å². The highest BCUT2D eigenvalue weighted by atomic mass is 16.4. The molecule has 0 rings (SSSR count). The van der Waals surface area contributed by atoms with Gasteiger partial charge in [0.1, 0.15) is 6.04 Å². The molecule has 0 aromatic heterocycles. The number of nitrogens with one attached hydrogen (secondary N) is 2. The highest BCUT2D eigenvalue weighted by Crippen LogP contribution is 2.10. The van der Waals surface area contributed by atoms with E-state index in [-0.39, 0.29) is 29.7 Å². The van der Waals surface area contributed by atoms with Crippen LogP contribution in [0.5, 0.6) is 0 Å². The predicted molar refractivity (Wildman–Crippen MR) is 80.7 cm³/mol. The van der Waals surface area contributed by atoms with E-state index in [0.29, 0.717) is 12.8 Å². The second kappa shape index (κ2) is 9.37. The molecule has 2 amide bonds. The minimum atomic E-state index is -0.794. The molecule has 0 aliphatic heterocycles. The molecule has 0 bridgehead atoms. The van der Waals surface area contributed by atoms with Crippen molar-refractivity contribution in [1.82, 2.24) is 10.6 Å². The van der Waals surface area contributed by atoms with E-state index in [1.807, 2.05) is 20.8 Å². The summed E-state index contributed by atoms with van der Waals surface area (Å²) in [4.78, 5) is 33.9. The van der Waals surface area contributed by atoms with E-state index in [9.17, 15) is 14.4 Å². The Morgan fingerprint density at radius 2 is 1.57 bits per heavy atom. The van der Waals surface area contributed by atoms with Crippen molar-refractivity contribution in [2.75, 3.05) is 0 Å². The Kier molecular flexibility index (Phi) is 8.66. The Bertz CT molecular complexity index is 369. The molecule has 0 saturated carbocycles. The first-order chi connectivity index (χ1) is 9.65. The number of hydrogen-bond acceptors (Lipinski definition) is 3. The van der Waals surface area contributed by atoms with Crippen LogP contribution in [0.25, 0.3) is 0 Å². The molecule has 6 nitrogen and oxygen atoms in total. The molecule has 122 valence electrons. The Labute approximate surface area is 126 Å². The lowest BCUT2D eigenvalue weighted by molar-refractivity contribution is -0.141. The largest absolute Gasteiger partial charge is 0.481 e. The highest BCUT2D eigenvalue weighted by Gasteiger charge is 2.24. The van der Waals surface area contributed by atoms with Gasteiger partial charge in [-0.2, -0.15) is 0 Å². The molecule has 0 aromatic carbocycles. The summed E-state index contributed by atoms with van der Waals surface area (Å²) in [6.07, 6.45) is 2.05. The van der Waals surface area contributed by atoms with E-state index in [1.165, 1.54) is 6.92 Å². The van der Waals surface area contributed by atoms with Crippen molar-refractivity contribution in [2.24, 2.45) is 11.8 Å². The minimum Gasteiger partial charge on any atom is -0.481 e. The van der Waals surface area contributed by atoms with E-state index >= 15 is 0 Å². The van der Waals surface area contributed by atoms with Crippen molar-refractivity contribution in [1.29, 1.82) is 0 Å². The van der Waals surface area contributed by atoms with Crippen LogP contribution in [0.1, 0.15) is 53.9 Å². The van der Waals surface area contributed by atoms with Crippen molar-refractivity contribution < 1.29 is 19.5 Å². The Morgan fingerprint density at radius 1 is 1.00 bits per heavy atom. The zero-order valence-electron chi connectivity index (χ0n) is 13.6. The van der Waals surface area contributed by atoms with Crippen molar-refractivity contribution in [3.63, 3.8) is 0 Å². The van der Waals surface area contributed by atoms with Crippen LogP contribution in [0.15, 0.2) is 0 Å². The molecule has 0 radical (unpaired) electrons. The lowest BCUT2D eigenvalue weighted by atomic mass is 10.0. The summed E-state index contributed by atoms with van der Waals surface area (Å²) < 4.78 is 0. The summed E-state index contributed by atoms with van der Waals surface area (Å²) in [6.45, 7) is 8.70. The standard InChI is InChI=1S/C15H28N2O4/c1-9(2)13(17-12(5)18)14(19)16-11(4)8-6-7-10(3)15(20)21/h9-11,13H,6-8H2,1-5H3,(H,16,19)(H,17,18)(H,20,21). The summed E-state index contributed by atoms with van der Waals surface area (Å²) in [5.74, 6) is -1.58. The van der Waals surface area contributed by atoms with Crippen molar-refractivity contribution in [3.05, 3.63) is 0 Å². The maximum absolute atomic E-state index is 12.1. The fourth-order valence-corrected chi connectivity index (χ4v) is 2.01. The molecule has 0 aliphatic rings. The lowest BCUT2D eigenvalue weighted by Crippen LogP contribution is -2.51. The van der Waals surface area contributed by atoms with E-state index in [2.05, 4.69) is 10.6 Å². The zero-order valence-corrected chi connectivity index (χ0v) is 13.6. The summed E-state index contributed by atoms with van der Waals surface area (Å²) in [5, 5.41) is 14.3.